The van der Waals surface area contributed by atoms with Gasteiger partial charge in [0.05, 0.1) is 11.1 Å². The Bertz CT molecular complexity index is 780. The van der Waals surface area contributed by atoms with E-state index in [4.69, 9.17) is 0 Å². The summed E-state index contributed by atoms with van der Waals surface area (Å²) in [7, 11) is 0. The van der Waals surface area contributed by atoms with Crippen LogP contribution in [-0.4, -0.2) is 42.0 Å². The lowest BCUT2D eigenvalue weighted by Crippen LogP contribution is -2.35. The van der Waals surface area contributed by atoms with Crippen LogP contribution in [0.2, 0.25) is 0 Å². The van der Waals surface area contributed by atoms with E-state index >= 15 is 0 Å². The van der Waals surface area contributed by atoms with Gasteiger partial charge >= 0.3 is 6.18 Å². The average molecular weight is 428 g/mol. The van der Waals surface area contributed by atoms with E-state index in [-0.39, 0.29) is 5.91 Å². The molecule has 0 bridgehead atoms. The molecule has 8 heteroatoms. The first-order valence-electron chi connectivity index (χ1n) is 8.18. The maximum atomic E-state index is 12.7. The number of hydrogen-bond donors (Lipinski definition) is 0. The minimum atomic E-state index is -4.39. The fourth-order valence-corrected chi connectivity index (χ4v) is 3.35. The van der Waals surface area contributed by atoms with Gasteiger partial charge in [-0.3, -0.25) is 4.79 Å². The van der Waals surface area contributed by atoms with E-state index in [1.54, 1.807) is 11.0 Å². The molecule has 138 valence electrons. The minimum Gasteiger partial charge on any atom is -0.355 e. The predicted molar refractivity (Wildman–Crippen MR) is 96.1 cm³/mol. The van der Waals surface area contributed by atoms with Crippen LogP contribution < -0.4 is 4.90 Å². The third-order valence-electron chi connectivity index (χ3n) is 4.29. The van der Waals surface area contributed by atoms with Gasteiger partial charge in [0, 0.05) is 36.8 Å². The van der Waals surface area contributed by atoms with Crippen molar-refractivity contribution in [3.8, 4) is 0 Å². The molecule has 0 radical (unpaired) electrons. The van der Waals surface area contributed by atoms with Crippen LogP contribution in [0, 0.1) is 0 Å². The number of halogens is 4. The molecule has 26 heavy (non-hydrogen) atoms. The topological polar surface area (TPSA) is 36.4 Å². The first-order valence-corrected chi connectivity index (χ1v) is 8.97. The largest absolute Gasteiger partial charge is 0.417 e. The zero-order valence-corrected chi connectivity index (χ0v) is 15.4. The molecule has 1 aliphatic rings. The third-order valence-corrected chi connectivity index (χ3v) is 4.98. The van der Waals surface area contributed by atoms with Crippen molar-refractivity contribution in [1.29, 1.82) is 0 Å². The lowest BCUT2D eigenvalue weighted by molar-refractivity contribution is -0.137. The molecule has 1 saturated heterocycles. The minimum absolute atomic E-state index is 0.0558. The highest BCUT2D eigenvalue weighted by Crippen LogP contribution is 2.29. The Morgan fingerprint density at radius 2 is 1.81 bits per heavy atom. The summed E-state index contributed by atoms with van der Waals surface area (Å²) in [5.74, 6) is 0.438. The second-order valence-electron chi connectivity index (χ2n) is 6.02. The predicted octanol–water partition coefficient (Wildman–Crippen LogP) is 4.22. The Hall–Kier alpha value is -2.09. The van der Waals surface area contributed by atoms with Gasteiger partial charge in [-0.15, -0.1) is 0 Å². The van der Waals surface area contributed by atoms with Crippen molar-refractivity contribution in [2.45, 2.75) is 12.6 Å². The highest BCUT2D eigenvalue weighted by atomic mass is 79.9. The zero-order valence-electron chi connectivity index (χ0n) is 13.8. The Morgan fingerprint density at radius 3 is 2.46 bits per heavy atom. The van der Waals surface area contributed by atoms with Crippen LogP contribution in [0.5, 0.6) is 0 Å². The van der Waals surface area contributed by atoms with Gasteiger partial charge in [-0.2, -0.15) is 13.2 Å². The summed E-state index contributed by atoms with van der Waals surface area (Å²) in [5.41, 5.74) is -0.157. The number of carbonyl (C=O) groups is 1. The molecule has 0 saturated carbocycles. The molecule has 2 aromatic rings. The van der Waals surface area contributed by atoms with Crippen LogP contribution >= 0.6 is 15.9 Å². The second-order valence-corrected chi connectivity index (χ2v) is 6.87. The van der Waals surface area contributed by atoms with Gasteiger partial charge in [0.2, 0.25) is 0 Å². The number of rotatable bonds is 2. The number of carbonyl (C=O) groups excluding carboxylic acids is 1. The lowest BCUT2D eigenvalue weighted by Gasteiger charge is -2.23. The number of anilines is 1. The summed E-state index contributed by atoms with van der Waals surface area (Å²) in [6, 6.07) is 9.68. The van der Waals surface area contributed by atoms with Crippen LogP contribution in [0.15, 0.2) is 47.1 Å². The molecule has 1 fully saturated rings. The van der Waals surface area contributed by atoms with Gasteiger partial charge in [-0.1, -0.05) is 12.1 Å². The fourth-order valence-electron chi connectivity index (χ4n) is 2.90. The monoisotopic (exact) mass is 427 g/mol. The van der Waals surface area contributed by atoms with Crippen molar-refractivity contribution >= 4 is 27.7 Å². The molecule has 0 atom stereocenters. The second kappa shape index (κ2) is 7.65. The molecule has 0 spiro atoms. The van der Waals surface area contributed by atoms with E-state index in [1.807, 2.05) is 23.1 Å². The van der Waals surface area contributed by atoms with Crippen LogP contribution in [-0.2, 0) is 6.18 Å². The highest BCUT2D eigenvalue weighted by Gasteiger charge is 2.31. The number of alkyl halides is 3. The summed E-state index contributed by atoms with van der Waals surface area (Å²) in [4.78, 5) is 20.3. The summed E-state index contributed by atoms with van der Waals surface area (Å²) < 4.78 is 38.7. The lowest BCUT2D eigenvalue weighted by atomic mass is 10.2. The van der Waals surface area contributed by atoms with E-state index in [9.17, 15) is 18.0 Å². The van der Waals surface area contributed by atoms with Gasteiger partial charge in [0.15, 0.2) is 0 Å². The number of pyridine rings is 1. The highest BCUT2D eigenvalue weighted by molar-refractivity contribution is 9.10. The van der Waals surface area contributed by atoms with E-state index in [0.717, 1.165) is 23.2 Å². The number of hydrogen-bond acceptors (Lipinski definition) is 3. The molecule has 2 heterocycles. The van der Waals surface area contributed by atoms with Crippen molar-refractivity contribution in [3.05, 3.63) is 58.2 Å². The van der Waals surface area contributed by atoms with E-state index < -0.39 is 11.7 Å². The Labute approximate surface area is 157 Å². The maximum absolute atomic E-state index is 12.7. The first kappa shape index (κ1) is 18.7. The number of aromatic nitrogens is 1. The van der Waals surface area contributed by atoms with Crippen LogP contribution in [0.4, 0.5) is 19.0 Å². The van der Waals surface area contributed by atoms with Gasteiger partial charge in [0.25, 0.3) is 5.91 Å². The molecule has 1 aromatic heterocycles. The molecular formula is C18H17BrF3N3O. The van der Waals surface area contributed by atoms with Crippen LogP contribution in [0.25, 0.3) is 0 Å². The average Bonchev–Trinajstić information content (AvgIpc) is 2.87. The molecule has 0 N–H and O–H groups in total. The molecule has 1 aliphatic heterocycles. The molecule has 4 nitrogen and oxygen atoms in total. The molecule has 1 aromatic carbocycles. The van der Waals surface area contributed by atoms with Crippen molar-refractivity contribution in [1.82, 2.24) is 9.88 Å². The molecular weight excluding hydrogens is 411 g/mol. The van der Waals surface area contributed by atoms with E-state index in [2.05, 4.69) is 20.9 Å². The number of benzene rings is 1. The molecule has 1 amide bonds. The number of amides is 1. The van der Waals surface area contributed by atoms with Crippen molar-refractivity contribution < 1.29 is 18.0 Å². The Morgan fingerprint density at radius 1 is 1.04 bits per heavy atom. The van der Waals surface area contributed by atoms with Gasteiger partial charge < -0.3 is 9.80 Å². The molecule has 0 unspecified atom stereocenters. The number of nitrogens with zero attached hydrogens (tertiary/aromatic N) is 3. The molecule has 0 aliphatic carbocycles. The van der Waals surface area contributed by atoms with Gasteiger partial charge in [-0.05, 0) is 46.6 Å². The third kappa shape index (κ3) is 4.17. The van der Waals surface area contributed by atoms with E-state index in [0.29, 0.717) is 37.6 Å². The van der Waals surface area contributed by atoms with Crippen molar-refractivity contribution in [2.75, 3.05) is 31.1 Å². The summed E-state index contributed by atoms with van der Waals surface area (Å²) in [6.07, 6.45) is -2.82. The van der Waals surface area contributed by atoms with E-state index in [1.165, 1.54) is 6.07 Å². The standard InChI is InChI=1S/C18H17BrF3N3O/c19-15-5-2-1-4-14(15)17(26)25-9-3-8-24(10-11-25)16-7-6-13(12-23-16)18(20,21)22/h1-2,4-7,12H,3,8-11H2. The first-order chi connectivity index (χ1) is 12.4. The normalized spacial score (nSPS) is 15.7. The summed E-state index contributed by atoms with van der Waals surface area (Å²) >= 11 is 3.39. The quantitative estimate of drug-likeness (QED) is 0.719. The van der Waals surface area contributed by atoms with Crippen molar-refractivity contribution in [3.63, 3.8) is 0 Å². The van der Waals surface area contributed by atoms with Crippen LogP contribution in [0.3, 0.4) is 0 Å². The van der Waals surface area contributed by atoms with Gasteiger partial charge in [0.1, 0.15) is 5.82 Å². The SMILES string of the molecule is O=C(c1ccccc1Br)N1CCCN(c2ccc(C(F)(F)F)cn2)CC1. The van der Waals surface area contributed by atoms with Crippen molar-refractivity contribution in [2.24, 2.45) is 0 Å². The summed E-state index contributed by atoms with van der Waals surface area (Å²) in [6.45, 7) is 2.24. The van der Waals surface area contributed by atoms with Crippen LogP contribution in [0.1, 0.15) is 22.3 Å². The molecule has 3 rings (SSSR count). The Kier molecular flexibility index (Phi) is 5.50. The zero-order chi connectivity index (χ0) is 18.7. The fraction of sp³-hybridized carbons (Fsp3) is 0.333. The smallest absolute Gasteiger partial charge is 0.355 e. The Balaban J connectivity index is 1.68. The van der Waals surface area contributed by atoms with Gasteiger partial charge in [-0.25, -0.2) is 4.98 Å². The maximum Gasteiger partial charge on any atom is 0.417 e. The summed E-state index contributed by atoms with van der Waals surface area (Å²) in [5, 5.41) is 0.